The monoisotopic (exact) mass is 321 g/mol. The number of hydrogen-bond donors (Lipinski definition) is 1. The maximum Gasteiger partial charge on any atom is 0.182 e. The summed E-state index contributed by atoms with van der Waals surface area (Å²) >= 11 is 5.89. The fourth-order valence-corrected chi connectivity index (χ4v) is 5.31. The SMILES string of the molecule is NC[C@H]1[C@@H](c2ccc(Cl)cc2)[C@@H]1S(=O)(=O)c1ccccc1. The lowest BCUT2D eigenvalue weighted by molar-refractivity contribution is 0.591. The Balaban J connectivity index is 1.94. The standard InChI is InChI=1S/C16H16ClNO2S/c17-12-8-6-11(7-9-12)15-14(10-18)16(15)21(19,20)13-4-2-1-3-5-13/h1-9,14-16H,10,18H2/t14-,15+,16+/m0/s1. The predicted molar refractivity (Wildman–Crippen MR) is 84.2 cm³/mol. The van der Waals surface area contributed by atoms with Crippen molar-refractivity contribution in [3.63, 3.8) is 0 Å². The van der Waals surface area contributed by atoms with Gasteiger partial charge in [0.25, 0.3) is 0 Å². The molecule has 110 valence electrons. The van der Waals surface area contributed by atoms with Crippen molar-refractivity contribution in [1.82, 2.24) is 0 Å². The zero-order valence-electron chi connectivity index (χ0n) is 11.3. The summed E-state index contributed by atoms with van der Waals surface area (Å²) in [4.78, 5) is 0.366. The molecule has 0 unspecified atom stereocenters. The number of sulfone groups is 1. The number of benzene rings is 2. The first-order chi connectivity index (χ1) is 10.1. The predicted octanol–water partition coefficient (Wildman–Crippen LogP) is 2.85. The molecular weight excluding hydrogens is 306 g/mol. The minimum atomic E-state index is -3.35. The van der Waals surface area contributed by atoms with Crippen molar-refractivity contribution in [3.05, 3.63) is 65.2 Å². The molecule has 2 aromatic rings. The van der Waals surface area contributed by atoms with Crippen LogP contribution in [0.1, 0.15) is 11.5 Å². The van der Waals surface area contributed by atoms with Crippen molar-refractivity contribution in [2.24, 2.45) is 11.7 Å². The summed E-state index contributed by atoms with van der Waals surface area (Å²) in [6.07, 6.45) is 0. The third-order valence-corrected chi connectivity index (χ3v) is 6.59. The van der Waals surface area contributed by atoms with Gasteiger partial charge in [-0.05, 0) is 42.3 Å². The number of hydrogen-bond acceptors (Lipinski definition) is 3. The molecule has 3 rings (SSSR count). The third kappa shape index (κ3) is 2.59. The van der Waals surface area contributed by atoms with Gasteiger partial charge < -0.3 is 5.73 Å². The number of rotatable bonds is 4. The number of nitrogens with two attached hydrogens (primary N) is 1. The molecule has 3 nitrogen and oxygen atoms in total. The highest BCUT2D eigenvalue weighted by atomic mass is 35.5. The van der Waals surface area contributed by atoms with Gasteiger partial charge in [0.05, 0.1) is 10.1 Å². The zero-order chi connectivity index (χ0) is 15.0. The van der Waals surface area contributed by atoms with E-state index in [9.17, 15) is 8.42 Å². The average Bonchev–Trinajstić information content (AvgIpc) is 3.24. The van der Waals surface area contributed by atoms with Crippen molar-refractivity contribution in [1.29, 1.82) is 0 Å². The average molecular weight is 322 g/mol. The van der Waals surface area contributed by atoms with E-state index in [-0.39, 0.29) is 11.8 Å². The van der Waals surface area contributed by atoms with E-state index in [1.54, 1.807) is 36.4 Å². The van der Waals surface area contributed by atoms with Crippen LogP contribution in [-0.2, 0) is 9.84 Å². The Bertz CT molecular complexity index is 729. The molecule has 0 bridgehead atoms. The highest BCUT2D eigenvalue weighted by Crippen LogP contribution is 2.53. The molecule has 0 aromatic heterocycles. The molecule has 1 aliphatic carbocycles. The van der Waals surface area contributed by atoms with E-state index in [0.29, 0.717) is 16.5 Å². The van der Waals surface area contributed by atoms with E-state index >= 15 is 0 Å². The first-order valence-corrected chi connectivity index (χ1v) is 8.72. The first-order valence-electron chi connectivity index (χ1n) is 6.80. The van der Waals surface area contributed by atoms with Crippen LogP contribution < -0.4 is 5.73 Å². The molecule has 0 aliphatic heterocycles. The fraction of sp³-hybridized carbons (Fsp3) is 0.250. The van der Waals surface area contributed by atoms with Crippen LogP contribution in [0.15, 0.2) is 59.5 Å². The molecule has 0 spiro atoms. The number of halogens is 1. The van der Waals surface area contributed by atoms with E-state index in [1.165, 1.54) is 0 Å². The van der Waals surface area contributed by atoms with Gasteiger partial charge in [-0.25, -0.2) is 8.42 Å². The Morgan fingerprint density at radius 3 is 2.19 bits per heavy atom. The summed E-state index contributed by atoms with van der Waals surface area (Å²) in [7, 11) is -3.35. The van der Waals surface area contributed by atoms with E-state index in [1.807, 2.05) is 18.2 Å². The van der Waals surface area contributed by atoms with E-state index < -0.39 is 15.1 Å². The summed E-state index contributed by atoms with van der Waals surface area (Å²) in [5.41, 5.74) is 6.75. The van der Waals surface area contributed by atoms with Gasteiger partial charge in [-0.3, -0.25) is 0 Å². The topological polar surface area (TPSA) is 60.2 Å². The molecule has 0 heterocycles. The van der Waals surface area contributed by atoms with E-state index in [4.69, 9.17) is 17.3 Å². The second kappa shape index (κ2) is 5.44. The molecule has 3 atom stereocenters. The van der Waals surface area contributed by atoms with Crippen LogP contribution >= 0.6 is 11.6 Å². The van der Waals surface area contributed by atoms with Crippen LogP contribution in [0.4, 0.5) is 0 Å². The highest BCUT2D eigenvalue weighted by Gasteiger charge is 2.57. The summed E-state index contributed by atoms with van der Waals surface area (Å²) in [6.45, 7) is 0.365. The smallest absolute Gasteiger partial charge is 0.182 e. The second-order valence-corrected chi connectivity index (χ2v) is 7.84. The lowest BCUT2D eigenvalue weighted by Gasteiger charge is -2.04. The van der Waals surface area contributed by atoms with E-state index in [2.05, 4.69) is 0 Å². The molecule has 21 heavy (non-hydrogen) atoms. The largest absolute Gasteiger partial charge is 0.330 e. The van der Waals surface area contributed by atoms with Gasteiger partial charge >= 0.3 is 0 Å². The Labute approximate surface area is 129 Å². The van der Waals surface area contributed by atoms with Gasteiger partial charge in [-0.1, -0.05) is 41.9 Å². The molecular formula is C16H16ClNO2S. The van der Waals surface area contributed by atoms with Crippen LogP contribution in [0.25, 0.3) is 0 Å². The van der Waals surface area contributed by atoms with Crippen molar-refractivity contribution in [3.8, 4) is 0 Å². The molecule has 1 fully saturated rings. The molecule has 0 radical (unpaired) electrons. The van der Waals surface area contributed by atoms with Gasteiger partial charge in [-0.15, -0.1) is 0 Å². The molecule has 2 aromatic carbocycles. The van der Waals surface area contributed by atoms with Gasteiger partial charge in [0.1, 0.15) is 0 Å². The molecule has 1 saturated carbocycles. The minimum absolute atomic E-state index is 0.0311. The Kier molecular flexibility index (Phi) is 3.78. The van der Waals surface area contributed by atoms with Crippen molar-refractivity contribution >= 4 is 21.4 Å². The zero-order valence-corrected chi connectivity index (χ0v) is 12.9. The summed E-state index contributed by atoms with van der Waals surface area (Å²) in [5.74, 6) is -0.0751. The minimum Gasteiger partial charge on any atom is -0.330 e. The Morgan fingerprint density at radius 1 is 1.00 bits per heavy atom. The Hall–Kier alpha value is -1.36. The summed E-state index contributed by atoms with van der Waals surface area (Å²) in [5, 5.41) is 0.206. The first kappa shape index (κ1) is 14.6. The van der Waals surface area contributed by atoms with Crippen LogP contribution in [0.5, 0.6) is 0 Å². The molecule has 1 aliphatic rings. The van der Waals surface area contributed by atoms with Crippen molar-refractivity contribution in [2.75, 3.05) is 6.54 Å². The van der Waals surface area contributed by atoms with Crippen LogP contribution in [0, 0.1) is 5.92 Å². The second-order valence-electron chi connectivity index (χ2n) is 5.30. The molecule has 0 amide bonds. The fourth-order valence-electron chi connectivity index (χ4n) is 2.94. The van der Waals surface area contributed by atoms with Crippen LogP contribution in [0.2, 0.25) is 5.02 Å². The lowest BCUT2D eigenvalue weighted by atomic mass is 10.1. The maximum absolute atomic E-state index is 12.7. The summed E-state index contributed by atoms with van der Waals surface area (Å²) in [6, 6.07) is 15.9. The molecule has 2 N–H and O–H groups in total. The summed E-state index contributed by atoms with van der Waals surface area (Å²) < 4.78 is 25.5. The van der Waals surface area contributed by atoms with Gasteiger partial charge in [0, 0.05) is 10.9 Å². The van der Waals surface area contributed by atoms with Gasteiger partial charge in [0.2, 0.25) is 0 Å². The molecule has 5 heteroatoms. The van der Waals surface area contributed by atoms with Crippen molar-refractivity contribution in [2.45, 2.75) is 16.1 Å². The quantitative estimate of drug-likeness (QED) is 0.942. The van der Waals surface area contributed by atoms with Gasteiger partial charge in [-0.2, -0.15) is 0 Å². The highest BCUT2D eigenvalue weighted by molar-refractivity contribution is 7.92. The van der Waals surface area contributed by atoms with Crippen molar-refractivity contribution < 1.29 is 8.42 Å². The van der Waals surface area contributed by atoms with Gasteiger partial charge in [0.15, 0.2) is 9.84 Å². The molecule has 0 saturated heterocycles. The van der Waals surface area contributed by atoms with Crippen LogP contribution in [-0.4, -0.2) is 20.2 Å². The van der Waals surface area contributed by atoms with E-state index in [0.717, 1.165) is 5.56 Å². The Morgan fingerprint density at radius 2 is 1.62 bits per heavy atom. The maximum atomic E-state index is 12.7. The van der Waals surface area contributed by atoms with Crippen LogP contribution in [0.3, 0.4) is 0 Å². The normalized spacial score (nSPS) is 24.8. The lowest BCUT2D eigenvalue weighted by Crippen LogP contribution is -2.13. The third-order valence-electron chi connectivity index (χ3n) is 4.05.